The van der Waals surface area contributed by atoms with Gasteiger partial charge in [0.15, 0.2) is 0 Å². The van der Waals surface area contributed by atoms with E-state index in [9.17, 15) is 0 Å². The molecular weight excluding hydrogens is 567 g/mol. The van der Waals surface area contributed by atoms with Crippen molar-refractivity contribution in [1.82, 2.24) is 0 Å². The van der Waals surface area contributed by atoms with Crippen LogP contribution in [0.4, 0.5) is 0 Å². The van der Waals surface area contributed by atoms with E-state index in [-0.39, 0.29) is 0 Å². The molecule has 2 fully saturated rings. The summed E-state index contributed by atoms with van der Waals surface area (Å²) in [5.74, 6) is 3.36. The molecule has 0 heterocycles. The van der Waals surface area contributed by atoms with Crippen LogP contribution < -0.4 is 15.9 Å². The predicted octanol–water partition coefficient (Wildman–Crippen LogP) is 9.91. The Morgan fingerprint density at radius 3 is 1.35 bits per heavy atom. The second-order valence-electron chi connectivity index (χ2n) is 12.7. The normalized spacial score (nSPS) is 24.6. The fourth-order valence-corrected chi connectivity index (χ4v) is 16.7. The third kappa shape index (κ3) is 5.37. The van der Waals surface area contributed by atoms with E-state index in [1.54, 1.807) is 5.56 Å². The quantitative estimate of drug-likeness (QED) is 0.183. The van der Waals surface area contributed by atoms with Gasteiger partial charge in [-0.05, 0) is 6.92 Å². The van der Waals surface area contributed by atoms with Gasteiger partial charge in [-0.25, -0.2) is 0 Å². The summed E-state index contributed by atoms with van der Waals surface area (Å²) >= 11 is 4.71. The molecule has 0 aliphatic heterocycles. The third-order valence-corrected chi connectivity index (χ3v) is 20.2. The topological polar surface area (TPSA) is 0 Å². The molecule has 0 bridgehead atoms. The van der Waals surface area contributed by atoms with E-state index in [0.29, 0.717) is 0 Å². The number of halogens is 1. The molecule has 0 nitrogen and oxygen atoms in total. The first kappa shape index (κ1) is 27.9. The predicted molar refractivity (Wildman–Crippen MR) is 180 cm³/mol. The molecule has 2 saturated carbocycles. The number of hydrogen-bond donors (Lipinski definition) is 0. The van der Waals surface area contributed by atoms with Crippen LogP contribution in [0, 0.1) is 24.7 Å². The van der Waals surface area contributed by atoms with E-state index in [4.69, 9.17) is 15.5 Å². The van der Waals surface area contributed by atoms with Gasteiger partial charge in [0, 0.05) is 0 Å². The summed E-state index contributed by atoms with van der Waals surface area (Å²) in [6, 6.07) is 43.5. The SMILES string of the molecule is Cc1ccc(C2CCC(C3CCC(CP(Br)(c4ccccc4)(c4ccccc4)c4ccccc4)CC3)CC2)cc1. The molecular formula is C38H44BrP. The molecule has 2 aliphatic carbocycles. The van der Waals surface area contributed by atoms with Crippen molar-refractivity contribution in [2.45, 2.75) is 64.2 Å². The van der Waals surface area contributed by atoms with Crippen LogP contribution in [0.5, 0.6) is 0 Å². The van der Waals surface area contributed by atoms with E-state index in [2.05, 4.69) is 122 Å². The van der Waals surface area contributed by atoms with E-state index < -0.39 is 5.31 Å². The standard InChI is InChI=1S/C38H44BrP/c1-30-17-21-32(22-18-30)34-25-27-35(28-26-34)33-23-19-31(20-24-33)29-40(39,36-11-5-2-6-12-36,37-13-7-3-8-14-37)38-15-9-4-10-16-38/h2-18,21-22,31,33-35H,19-20,23-29H2,1H3. The van der Waals surface area contributed by atoms with Crippen molar-refractivity contribution in [1.29, 1.82) is 0 Å². The number of hydrogen-bond acceptors (Lipinski definition) is 0. The Kier molecular flexibility index (Phi) is 8.35. The summed E-state index contributed by atoms with van der Waals surface area (Å²) in [5, 5.41) is 1.55. The fraction of sp³-hybridized carbons (Fsp3) is 0.368. The summed E-state index contributed by atoms with van der Waals surface area (Å²) in [4.78, 5) is 0. The summed E-state index contributed by atoms with van der Waals surface area (Å²) in [6.07, 6.45) is 12.3. The minimum atomic E-state index is -2.83. The van der Waals surface area contributed by atoms with Crippen molar-refractivity contribution in [2.24, 2.45) is 17.8 Å². The van der Waals surface area contributed by atoms with Crippen LogP contribution >= 0.6 is 20.8 Å². The maximum absolute atomic E-state index is 4.71. The Balaban J connectivity index is 1.21. The van der Waals surface area contributed by atoms with Crippen LogP contribution in [-0.2, 0) is 0 Å². The van der Waals surface area contributed by atoms with Gasteiger partial charge in [-0.1, -0.05) is 5.56 Å². The first-order chi connectivity index (χ1) is 19.5. The van der Waals surface area contributed by atoms with E-state index in [0.717, 1.165) is 23.7 Å². The van der Waals surface area contributed by atoms with Crippen molar-refractivity contribution in [3.8, 4) is 0 Å². The molecule has 0 atom stereocenters. The molecule has 40 heavy (non-hydrogen) atoms. The Bertz CT molecular complexity index is 1250. The summed E-state index contributed by atoms with van der Waals surface area (Å²) in [6.45, 7) is 2.19. The second kappa shape index (κ2) is 12.0. The van der Waals surface area contributed by atoms with Gasteiger partial charge in [0.25, 0.3) is 0 Å². The van der Waals surface area contributed by atoms with Crippen LogP contribution in [0.1, 0.15) is 68.4 Å². The van der Waals surface area contributed by atoms with Gasteiger partial charge in [-0.15, -0.1) is 0 Å². The second-order valence-corrected chi connectivity index (χ2v) is 21.7. The van der Waals surface area contributed by atoms with Crippen molar-refractivity contribution < 1.29 is 0 Å². The van der Waals surface area contributed by atoms with Gasteiger partial charge in [0.2, 0.25) is 0 Å². The van der Waals surface area contributed by atoms with Crippen LogP contribution in [0.2, 0.25) is 0 Å². The van der Waals surface area contributed by atoms with Crippen molar-refractivity contribution in [3.63, 3.8) is 0 Å². The zero-order valence-corrected chi connectivity index (χ0v) is 26.4. The average molecular weight is 612 g/mol. The number of benzene rings is 4. The van der Waals surface area contributed by atoms with Crippen molar-refractivity contribution in [2.75, 3.05) is 6.16 Å². The van der Waals surface area contributed by atoms with Crippen molar-refractivity contribution >= 4 is 36.7 Å². The van der Waals surface area contributed by atoms with Gasteiger partial charge in [-0.2, -0.15) is 0 Å². The van der Waals surface area contributed by atoms with E-state index in [1.165, 1.54) is 79.0 Å². The monoisotopic (exact) mass is 610 g/mol. The van der Waals surface area contributed by atoms with Gasteiger partial charge in [0.1, 0.15) is 0 Å². The number of aryl methyl sites for hydroxylation is 1. The molecule has 4 aromatic carbocycles. The summed E-state index contributed by atoms with van der Waals surface area (Å²) in [5.41, 5.74) is 2.94. The molecule has 0 radical (unpaired) electrons. The Morgan fingerprint density at radius 1 is 0.525 bits per heavy atom. The molecule has 0 N–H and O–H groups in total. The van der Waals surface area contributed by atoms with Gasteiger partial charge in [-0.3, -0.25) is 0 Å². The first-order valence-corrected chi connectivity index (χ1v) is 19.9. The first-order valence-electron chi connectivity index (χ1n) is 15.5. The molecule has 2 heteroatoms. The van der Waals surface area contributed by atoms with E-state index >= 15 is 0 Å². The van der Waals surface area contributed by atoms with E-state index in [1.807, 2.05) is 0 Å². The molecule has 0 unspecified atom stereocenters. The Hall–Kier alpha value is -2.21. The summed E-state index contributed by atoms with van der Waals surface area (Å²) in [7, 11) is 0. The average Bonchev–Trinajstić information content (AvgIpc) is 3.03. The molecule has 208 valence electrons. The van der Waals surface area contributed by atoms with Crippen LogP contribution in [0.25, 0.3) is 0 Å². The molecule has 6 rings (SSSR count). The zero-order valence-electron chi connectivity index (χ0n) is 24.0. The number of rotatable bonds is 7. The molecule has 0 amide bonds. The molecule has 0 saturated heterocycles. The van der Waals surface area contributed by atoms with Crippen LogP contribution in [0.15, 0.2) is 115 Å². The molecule has 0 spiro atoms. The maximum atomic E-state index is 4.71. The Morgan fingerprint density at radius 2 is 0.925 bits per heavy atom. The van der Waals surface area contributed by atoms with Gasteiger partial charge >= 0.3 is 239 Å². The van der Waals surface area contributed by atoms with Crippen LogP contribution in [0.3, 0.4) is 0 Å². The molecule has 0 aromatic heterocycles. The third-order valence-electron chi connectivity index (χ3n) is 10.4. The van der Waals surface area contributed by atoms with Gasteiger partial charge < -0.3 is 0 Å². The summed E-state index contributed by atoms with van der Waals surface area (Å²) < 4.78 is 0. The zero-order chi connectivity index (χ0) is 27.4. The Labute approximate surface area is 250 Å². The minimum absolute atomic E-state index is 0.734. The van der Waals surface area contributed by atoms with Gasteiger partial charge in [0.05, 0.1) is 0 Å². The van der Waals surface area contributed by atoms with Crippen molar-refractivity contribution in [3.05, 3.63) is 126 Å². The fourth-order valence-electron chi connectivity index (χ4n) is 8.07. The molecule has 4 aromatic rings. The van der Waals surface area contributed by atoms with Crippen LogP contribution in [-0.4, -0.2) is 6.16 Å². The molecule has 2 aliphatic rings.